The van der Waals surface area contributed by atoms with Gasteiger partial charge in [-0.15, -0.1) is 0 Å². The predicted molar refractivity (Wildman–Crippen MR) is 122 cm³/mol. The Labute approximate surface area is 185 Å². The smallest absolute Gasteiger partial charge is 0.336 e. The van der Waals surface area contributed by atoms with Crippen LogP contribution in [0, 0.1) is 5.41 Å². The zero-order valence-electron chi connectivity index (χ0n) is 19.6. The maximum atomic E-state index is 13.4. The Hall–Kier alpha value is -2.56. The summed E-state index contributed by atoms with van der Waals surface area (Å²) in [6, 6.07) is 7.71. The molecule has 1 N–H and O–H groups in total. The van der Waals surface area contributed by atoms with E-state index in [-0.39, 0.29) is 23.3 Å². The van der Waals surface area contributed by atoms with Gasteiger partial charge in [0.25, 0.3) is 0 Å². The van der Waals surface area contributed by atoms with Crippen molar-refractivity contribution in [2.45, 2.75) is 79.2 Å². The number of para-hydroxylation sites is 1. The Morgan fingerprint density at radius 2 is 1.94 bits per heavy atom. The monoisotopic (exact) mass is 425 g/mol. The highest BCUT2D eigenvalue weighted by molar-refractivity contribution is 6.04. The summed E-state index contributed by atoms with van der Waals surface area (Å²) in [7, 11) is 0. The van der Waals surface area contributed by atoms with Gasteiger partial charge in [-0.2, -0.15) is 0 Å². The fourth-order valence-electron chi connectivity index (χ4n) is 4.48. The molecule has 1 heterocycles. The van der Waals surface area contributed by atoms with Gasteiger partial charge < -0.3 is 14.8 Å². The van der Waals surface area contributed by atoms with Crippen molar-refractivity contribution >= 4 is 11.8 Å². The first-order valence-electron chi connectivity index (χ1n) is 11.3. The van der Waals surface area contributed by atoms with Gasteiger partial charge in [-0.3, -0.25) is 4.79 Å². The van der Waals surface area contributed by atoms with Crippen LogP contribution >= 0.6 is 0 Å². The fourth-order valence-corrected chi connectivity index (χ4v) is 4.48. The molecule has 0 fully saturated rings. The quantitative estimate of drug-likeness (QED) is 0.467. The number of ether oxygens (including phenoxy) is 2. The lowest BCUT2D eigenvalue weighted by Gasteiger charge is -2.39. The number of allylic oxidation sites excluding steroid dienone is 3. The van der Waals surface area contributed by atoms with Gasteiger partial charge in [0.1, 0.15) is 5.75 Å². The molecule has 0 spiro atoms. The molecule has 1 aliphatic heterocycles. The van der Waals surface area contributed by atoms with Gasteiger partial charge in [0.05, 0.1) is 24.2 Å². The Kier molecular flexibility index (Phi) is 6.93. The lowest BCUT2D eigenvalue weighted by atomic mass is 9.68. The highest BCUT2D eigenvalue weighted by Crippen LogP contribution is 2.48. The molecule has 0 radical (unpaired) electrons. The molecule has 0 saturated heterocycles. The molecule has 0 aromatic heterocycles. The van der Waals surface area contributed by atoms with E-state index in [0.717, 1.165) is 36.2 Å². The van der Waals surface area contributed by atoms with Crippen LogP contribution in [0.2, 0.25) is 0 Å². The highest BCUT2D eigenvalue weighted by Gasteiger charge is 2.44. The van der Waals surface area contributed by atoms with Crippen LogP contribution in [0.4, 0.5) is 0 Å². The van der Waals surface area contributed by atoms with Crippen molar-refractivity contribution < 1.29 is 19.1 Å². The SMILES string of the molecule is CCCCOC(=O)C1=C(C)NC2=C(C(=O)CC(C)(C)C2)[C@@H]1c1ccccc1OC(C)C. The zero-order valence-corrected chi connectivity index (χ0v) is 19.6. The molecule has 0 bridgehead atoms. The summed E-state index contributed by atoms with van der Waals surface area (Å²) in [4.78, 5) is 26.6. The van der Waals surface area contributed by atoms with Crippen molar-refractivity contribution in [3.8, 4) is 5.75 Å². The largest absolute Gasteiger partial charge is 0.491 e. The van der Waals surface area contributed by atoms with Gasteiger partial charge in [-0.1, -0.05) is 45.4 Å². The molecule has 2 aliphatic rings. The van der Waals surface area contributed by atoms with Crippen LogP contribution < -0.4 is 10.1 Å². The first-order valence-corrected chi connectivity index (χ1v) is 11.3. The number of ketones is 1. The van der Waals surface area contributed by atoms with E-state index in [2.05, 4.69) is 26.1 Å². The third-order valence-corrected chi connectivity index (χ3v) is 5.78. The molecule has 5 nitrogen and oxygen atoms in total. The number of hydrogen-bond acceptors (Lipinski definition) is 5. The summed E-state index contributed by atoms with van der Waals surface area (Å²) in [5.41, 5.74) is 3.54. The van der Waals surface area contributed by atoms with Crippen LogP contribution in [-0.4, -0.2) is 24.5 Å². The third kappa shape index (κ3) is 5.03. The minimum absolute atomic E-state index is 0.0256. The first kappa shape index (κ1) is 23.1. The minimum atomic E-state index is -0.496. The van der Waals surface area contributed by atoms with Crippen LogP contribution in [0.15, 0.2) is 46.8 Å². The second-order valence-electron chi connectivity index (χ2n) is 9.62. The predicted octanol–water partition coefficient (Wildman–Crippen LogP) is 5.42. The molecule has 1 aromatic carbocycles. The van der Waals surface area contributed by atoms with Crippen molar-refractivity contribution in [3.05, 3.63) is 52.4 Å². The van der Waals surface area contributed by atoms with Crippen LogP contribution in [0.25, 0.3) is 0 Å². The van der Waals surface area contributed by atoms with Crippen molar-refractivity contribution in [1.29, 1.82) is 0 Å². The Morgan fingerprint density at radius 3 is 2.61 bits per heavy atom. The second-order valence-corrected chi connectivity index (χ2v) is 9.62. The number of unbranched alkanes of at least 4 members (excludes halogenated alkanes) is 1. The molecule has 0 unspecified atom stereocenters. The van der Waals surface area contributed by atoms with Gasteiger partial charge in [0.2, 0.25) is 0 Å². The number of benzene rings is 1. The molecule has 168 valence electrons. The van der Waals surface area contributed by atoms with E-state index in [9.17, 15) is 9.59 Å². The maximum absolute atomic E-state index is 13.4. The van der Waals surface area contributed by atoms with E-state index >= 15 is 0 Å². The average molecular weight is 426 g/mol. The number of esters is 1. The van der Waals surface area contributed by atoms with Crippen molar-refractivity contribution in [1.82, 2.24) is 5.32 Å². The Bertz CT molecular complexity index is 923. The second kappa shape index (κ2) is 9.29. The third-order valence-electron chi connectivity index (χ3n) is 5.78. The van der Waals surface area contributed by atoms with E-state index < -0.39 is 5.92 Å². The van der Waals surface area contributed by atoms with Crippen LogP contribution in [0.1, 0.15) is 78.7 Å². The van der Waals surface area contributed by atoms with E-state index in [0.29, 0.717) is 29.9 Å². The van der Waals surface area contributed by atoms with E-state index in [1.165, 1.54) is 0 Å². The van der Waals surface area contributed by atoms with Gasteiger partial charge in [-0.05, 0) is 45.1 Å². The number of carbonyl (C=O) groups excluding carboxylic acids is 2. The van der Waals surface area contributed by atoms with E-state index in [1.807, 2.05) is 45.0 Å². The number of rotatable bonds is 7. The standard InChI is InChI=1S/C26H35NO4/c1-7-8-13-30-25(29)22-17(4)27-19-14-26(5,6)15-20(28)24(19)23(22)18-11-9-10-12-21(18)31-16(2)3/h9-12,16,23,27H,7-8,13-15H2,1-6H3/t23-/m1/s1. The van der Waals surface area contributed by atoms with Crippen molar-refractivity contribution in [2.75, 3.05) is 6.61 Å². The summed E-state index contributed by atoms with van der Waals surface area (Å²) in [5.74, 6) is -0.0917. The van der Waals surface area contributed by atoms with E-state index in [4.69, 9.17) is 9.47 Å². The average Bonchev–Trinajstić information content (AvgIpc) is 2.66. The minimum Gasteiger partial charge on any atom is -0.491 e. The topological polar surface area (TPSA) is 64.6 Å². The summed E-state index contributed by atoms with van der Waals surface area (Å²) in [5, 5.41) is 3.38. The Morgan fingerprint density at radius 1 is 1.23 bits per heavy atom. The van der Waals surface area contributed by atoms with Gasteiger partial charge in [0, 0.05) is 29.0 Å². The molecule has 0 amide bonds. The summed E-state index contributed by atoms with van der Waals surface area (Å²) < 4.78 is 11.7. The first-order chi connectivity index (χ1) is 14.6. The molecule has 1 atom stereocenters. The maximum Gasteiger partial charge on any atom is 0.336 e. The van der Waals surface area contributed by atoms with Crippen LogP contribution in [-0.2, 0) is 14.3 Å². The molecule has 5 heteroatoms. The molecule has 1 aliphatic carbocycles. The molecular formula is C26H35NO4. The molecule has 0 saturated carbocycles. The van der Waals surface area contributed by atoms with Gasteiger partial charge in [0.15, 0.2) is 5.78 Å². The Balaban J connectivity index is 2.14. The van der Waals surface area contributed by atoms with Crippen LogP contribution in [0.3, 0.4) is 0 Å². The van der Waals surface area contributed by atoms with Gasteiger partial charge >= 0.3 is 5.97 Å². The normalized spacial score (nSPS) is 20.5. The summed E-state index contributed by atoms with van der Waals surface area (Å²) in [6.07, 6.45) is 2.94. The molecule has 3 rings (SSSR count). The van der Waals surface area contributed by atoms with Crippen LogP contribution in [0.5, 0.6) is 5.75 Å². The van der Waals surface area contributed by atoms with E-state index in [1.54, 1.807) is 0 Å². The number of hydrogen-bond donors (Lipinski definition) is 1. The molecule has 31 heavy (non-hydrogen) atoms. The van der Waals surface area contributed by atoms with Crippen molar-refractivity contribution in [3.63, 3.8) is 0 Å². The lowest BCUT2D eigenvalue weighted by Crippen LogP contribution is -2.38. The number of dihydropyridines is 1. The number of Topliss-reactive ketones (excluding diaryl/α,β-unsaturated/α-hetero) is 1. The summed E-state index contributed by atoms with van der Waals surface area (Å²) >= 11 is 0. The van der Waals surface area contributed by atoms with Gasteiger partial charge in [-0.25, -0.2) is 4.79 Å². The van der Waals surface area contributed by atoms with Crippen molar-refractivity contribution in [2.24, 2.45) is 5.41 Å². The number of carbonyl (C=O) groups is 2. The zero-order chi connectivity index (χ0) is 22.8. The fraction of sp³-hybridized carbons (Fsp3) is 0.538. The lowest BCUT2D eigenvalue weighted by molar-refractivity contribution is -0.139. The summed E-state index contributed by atoms with van der Waals surface area (Å²) in [6.45, 7) is 12.5. The molecule has 1 aromatic rings. The number of nitrogens with one attached hydrogen (secondary N) is 1. The molecular weight excluding hydrogens is 390 g/mol. The highest BCUT2D eigenvalue weighted by atomic mass is 16.5.